The van der Waals surface area contributed by atoms with Crippen molar-refractivity contribution in [3.8, 4) is 0 Å². The van der Waals surface area contributed by atoms with E-state index < -0.39 is 47.9 Å². The summed E-state index contributed by atoms with van der Waals surface area (Å²) in [6.45, 7) is 0.424. The van der Waals surface area contributed by atoms with Gasteiger partial charge in [0.25, 0.3) is 0 Å². The zero-order valence-electron chi connectivity index (χ0n) is 17.0. The van der Waals surface area contributed by atoms with E-state index in [0.29, 0.717) is 31.6 Å². The Balaban J connectivity index is 4.88. The van der Waals surface area contributed by atoms with Crippen LogP contribution in [0.15, 0.2) is 0 Å². The summed E-state index contributed by atoms with van der Waals surface area (Å²) < 4.78 is 0. The predicted octanol–water partition coefficient (Wildman–Crippen LogP) is -1.41. The highest BCUT2D eigenvalue weighted by atomic mass is 32.2. The monoisotopic (exact) mass is 483 g/mol. The van der Waals surface area contributed by atoms with Crippen molar-refractivity contribution in [3.05, 3.63) is 0 Å². The fourth-order valence-electron chi connectivity index (χ4n) is 2.34. The van der Waals surface area contributed by atoms with Gasteiger partial charge in [-0.2, -0.15) is 37.0 Å². The molecule has 0 aliphatic rings. The topological polar surface area (TPSA) is 177 Å². The van der Waals surface area contributed by atoms with E-state index >= 15 is 0 Å². The number of nitrogens with one attached hydrogen (secondary N) is 3. The van der Waals surface area contributed by atoms with Gasteiger partial charge in [0.2, 0.25) is 17.7 Å². The average Bonchev–Trinajstić information content (AvgIpc) is 2.72. The third-order valence-electron chi connectivity index (χ3n) is 4.16. The summed E-state index contributed by atoms with van der Waals surface area (Å²) in [4.78, 5) is 48.4. The van der Waals surface area contributed by atoms with Crippen LogP contribution in [-0.2, 0) is 19.2 Å². The molecule has 0 aliphatic heterocycles. The molecule has 0 aromatic heterocycles. The van der Waals surface area contributed by atoms with Gasteiger partial charge < -0.3 is 32.5 Å². The van der Waals surface area contributed by atoms with E-state index in [1.54, 1.807) is 11.8 Å². The molecule has 0 radical (unpaired) electrons. The van der Waals surface area contributed by atoms with Crippen molar-refractivity contribution >= 4 is 60.7 Å². The first kappa shape index (κ1) is 28.9. The number of thiol groups is 2. The summed E-state index contributed by atoms with van der Waals surface area (Å²) in [5.41, 5.74) is 11.2. The van der Waals surface area contributed by atoms with E-state index in [1.807, 2.05) is 6.26 Å². The fraction of sp³-hybridized carbons (Fsp3) is 0.765. The van der Waals surface area contributed by atoms with Gasteiger partial charge in [-0.3, -0.25) is 14.4 Å². The number of amides is 3. The molecule has 0 saturated heterocycles. The molecule has 0 saturated carbocycles. The SMILES string of the molecule is CSCCC(N)C(=O)NC(CS)C(=O)NC(CS)C(=O)NC(CCCCN)C(=O)O. The number of carboxylic acid groups (broad SMARTS) is 1. The van der Waals surface area contributed by atoms with Gasteiger partial charge in [-0.15, -0.1) is 0 Å². The molecular weight excluding hydrogens is 450 g/mol. The first-order chi connectivity index (χ1) is 14.2. The van der Waals surface area contributed by atoms with Crippen molar-refractivity contribution in [1.29, 1.82) is 0 Å². The van der Waals surface area contributed by atoms with Crippen LogP contribution < -0.4 is 27.4 Å². The molecule has 0 heterocycles. The summed E-state index contributed by atoms with van der Waals surface area (Å²) in [5, 5.41) is 16.7. The zero-order chi connectivity index (χ0) is 23.1. The minimum Gasteiger partial charge on any atom is -0.480 e. The number of hydrogen-bond acceptors (Lipinski definition) is 9. The molecule has 13 heteroatoms. The molecule has 0 aliphatic carbocycles. The quantitative estimate of drug-likeness (QED) is 0.0975. The number of hydrogen-bond donors (Lipinski definition) is 8. The van der Waals surface area contributed by atoms with E-state index in [-0.39, 0.29) is 17.9 Å². The fourth-order valence-corrected chi connectivity index (χ4v) is 3.34. The second-order valence-electron chi connectivity index (χ2n) is 6.56. The molecule has 0 spiro atoms. The predicted molar refractivity (Wildman–Crippen MR) is 125 cm³/mol. The van der Waals surface area contributed by atoms with E-state index in [1.165, 1.54) is 0 Å². The summed E-state index contributed by atoms with van der Waals surface area (Å²) in [6.07, 6.45) is 3.74. The molecule has 4 unspecified atom stereocenters. The van der Waals surface area contributed by atoms with Gasteiger partial charge in [-0.05, 0) is 44.2 Å². The number of carboxylic acids is 1. The molecule has 174 valence electrons. The van der Waals surface area contributed by atoms with Gasteiger partial charge in [0, 0.05) is 11.5 Å². The number of carbonyl (C=O) groups excluding carboxylic acids is 3. The van der Waals surface area contributed by atoms with E-state index in [4.69, 9.17) is 11.5 Å². The number of nitrogens with two attached hydrogens (primary N) is 2. The van der Waals surface area contributed by atoms with Gasteiger partial charge in [0.15, 0.2) is 0 Å². The Bertz CT molecular complexity index is 570. The molecule has 0 aromatic rings. The molecule has 10 nitrogen and oxygen atoms in total. The molecule has 0 bridgehead atoms. The minimum atomic E-state index is -1.18. The summed E-state index contributed by atoms with van der Waals surface area (Å²) >= 11 is 9.68. The van der Waals surface area contributed by atoms with E-state index in [9.17, 15) is 24.3 Å². The van der Waals surface area contributed by atoms with Gasteiger partial charge >= 0.3 is 5.97 Å². The number of unbranched alkanes of at least 4 members (excludes halogenated alkanes) is 1. The Hall–Kier alpha value is -1.15. The Labute approximate surface area is 192 Å². The molecular formula is C17H33N5O5S3. The first-order valence-corrected chi connectivity index (χ1v) is 12.2. The van der Waals surface area contributed by atoms with Crippen LogP contribution in [0.25, 0.3) is 0 Å². The Morgan fingerprint density at radius 3 is 1.83 bits per heavy atom. The van der Waals surface area contributed by atoms with Crippen molar-refractivity contribution in [3.63, 3.8) is 0 Å². The van der Waals surface area contributed by atoms with Crippen molar-refractivity contribution < 1.29 is 24.3 Å². The largest absolute Gasteiger partial charge is 0.480 e. The second-order valence-corrected chi connectivity index (χ2v) is 8.28. The van der Waals surface area contributed by atoms with Crippen LogP contribution in [-0.4, -0.2) is 83.0 Å². The van der Waals surface area contributed by atoms with E-state index in [2.05, 4.69) is 41.2 Å². The molecule has 0 aromatic carbocycles. The van der Waals surface area contributed by atoms with Crippen molar-refractivity contribution in [1.82, 2.24) is 16.0 Å². The van der Waals surface area contributed by atoms with Crippen molar-refractivity contribution in [2.45, 2.75) is 49.9 Å². The Kier molecular flexibility index (Phi) is 15.9. The third kappa shape index (κ3) is 11.3. The number of carbonyl (C=O) groups is 4. The lowest BCUT2D eigenvalue weighted by molar-refractivity contribution is -0.142. The standard InChI is InChI=1S/C17H33N5O5S3/c1-30-7-5-10(19)14(23)21-12(8-28)16(25)22-13(9-29)15(24)20-11(17(26)27)4-2-3-6-18/h10-13,28-29H,2-9,18-19H2,1H3,(H,20,24)(H,21,23)(H,22,25)(H,26,27). The van der Waals surface area contributed by atoms with Crippen LogP contribution >= 0.6 is 37.0 Å². The van der Waals surface area contributed by atoms with Crippen LogP contribution in [0.2, 0.25) is 0 Å². The number of rotatable bonds is 16. The van der Waals surface area contributed by atoms with Gasteiger partial charge in [0.05, 0.1) is 6.04 Å². The molecule has 30 heavy (non-hydrogen) atoms. The maximum absolute atomic E-state index is 12.5. The van der Waals surface area contributed by atoms with Crippen LogP contribution in [0, 0.1) is 0 Å². The maximum Gasteiger partial charge on any atom is 0.326 e. The highest BCUT2D eigenvalue weighted by Gasteiger charge is 2.29. The molecule has 8 N–H and O–H groups in total. The van der Waals surface area contributed by atoms with Crippen molar-refractivity contribution in [2.24, 2.45) is 11.5 Å². The molecule has 0 rings (SSSR count). The Morgan fingerprint density at radius 2 is 1.40 bits per heavy atom. The number of thioether (sulfide) groups is 1. The van der Waals surface area contributed by atoms with Gasteiger partial charge in [-0.1, -0.05) is 0 Å². The van der Waals surface area contributed by atoms with Gasteiger partial charge in [0.1, 0.15) is 18.1 Å². The minimum absolute atomic E-state index is 0.00935. The zero-order valence-corrected chi connectivity index (χ0v) is 19.6. The third-order valence-corrected chi connectivity index (χ3v) is 5.54. The van der Waals surface area contributed by atoms with E-state index in [0.717, 1.165) is 0 Å². The lowest BCUT2D eigenvalue weighted by atomic mass is 10.1. The molecule has 0 fully saturated rings. The smallest absolute Gasteiger partial charge is 0.326 e. The molecule has 3 amide bonds. The highest BCUT2D eigenvalue weighted by molar-refractivity contribution is 7.98. The lowest BCUT2D eigenvalue weighted by Crippen LogP contribution is -2.58. The van der Waals surface area contributed by atoms with Crippen molar-refractivity contribution in [2.75, 3.05) is 30.1 Å². The normalized spacial score (nSPS) is 14.8. The van der Waals surface area contributed by atoms with Crippen LogP contribution in [0.1, 0.15) is 25.7 Å². The highest BCUT2D eigenvalue weighted by Crippen LogP contribution is 2.03. The van der Waals surface area contributed by atoms with Crippen LogP contribution in [0.5, 0.6) is 0 Å². The van der Waals surface area contributed by atoms with Gasteiger partial charge in [-0.25, -0.2) is 4.79 Å². The summed E-state index contributed by atoms with van der Waals surface area (Å²) in [6, 6.07) is -3.95. The number of aliphatic carboxylic acids is 1. The summed E-state index contributed by atoms with van der Waals surface area (Å²) in [7, 11) is 0. The van der Waals surface area contributed by atoms with Crippen LogP contribution in [0.4, 0.5) is 0 Å². The van der Waals surface area contributed by atoms with Crippen LogP contribution in [0.3, 0.4) is 0 Å². The second kappa shape index (κ2) is 16.5. The first-order valence-electron chi connectivity index (χ1n) is 9.51. The Morgan fingerprint density at radius 1 is 0.900 bits per heavy atom. The molecule has 4 atom stereocenters. The lowest BCUT2D eigenvalue weighted by Gasteiger charge is -2.23. The summed E-state index contributed by atoms with van der Waals surface area (Å²) in [5.74, 6) is -2.36. The maximum atomic E-state index is 12.5. The average molecular weight is 484 g/mol.